The Kier molecular flexibility index (Phi) is 7.05. The molecule has 31 heavy (non-hydrogen) atoms. The van der Waals surface area contributed by atoms with Gasteiger partial charge in [-0.2, -0.15) is 0 Å². The summed E-state index contributed by atoms with van der Waals surface area (Å²) in [5, 5.41) is 3.90. The zero-order valence-corrected chi connectivity index (χ0v) is 18.7. The molecule has 0 atom stereocenters. The van der Waals surface area contributed by atoms with Crippen LogP contribution >= 0.6 is 11.6 Å². The number of amides is 1. The van der Waals surface area contributed by atoms with Gasteiger partial charge in [-0.05, 0) is 61.7 Å². The van der Waals surface area contributed by atoms with E-state index in [0.29, 0.717) is 6.54 Å². The van der Waals surface area contributed by atoms with Crippen molar-refractivity contribution in [3.63, 3.8) is 0 Å². The first-order valence-corrected chi connectivity index (χ1v) is 11.2. The van der Waals surface area contributed by atoms with Crippen molar-refractivity contribution in [3.8, 4) is 0 Å². The number of piperidine rings is 1. The molecule has 1 aliphatic rings. The molecule has 1 N–H and O–H groups in total. The summed E-state index contributed by atoms with van der Waals surface area (Å²) in [6, 6.07) is 16.4. The SMILES string of the molecule is Cc1nccn1Cc1ccc(CNC(=O)C2CCN(Cc3cccc(Cl)c3)CC2)cc1. The summed E-state index contributed by atoms with van der Waals surface area (Å²) in [5.41, 5.74) is 3.57. The number of aromatic nitrogens is 2. The van der Waals surface area contributed by atoms with Gasteiger partial charge < -0.3 is 9.88 Å². The molecule has 0 spiro atoms. The molecule has 0 radical (unpaired) electrons. The number of imidazole rings is 1. The number of nitrogens with one attached hydrogen (secondary N) is 1. The van der Waals surface area contributed by atoms with Gasteiger partial charge in [-0.25, -0.2) is 4.98 Å². The number of hydrogen-bond acceptors (Lipinski definition) is 3. The highest BCUT2D eigenvalue weighted by atomic mass is 35.5. The summed E-state index contributed by atoms with van der Waals surface area (Å²) < 4.78 is 2.12. The normalized spacial score (nSPS) is 15.2. The third-order valence-electron chi connectivity index (χ3n) is 6.02. The number of likely N-dealkylation sites (tertiary alicyclic amines) is 1. The lowest BCUT2D eigenvalue weighted by molar-refractivity contribution is -0.126. The van der Waals surface area contributed by atoms with Crippen LogP contribution in [0.15, 0.2) is 60.9 Å². The highest BCUT2D eigenvalue weighted by Crippen LogP contribution is 2.20. The van der Waals surface area contributed by atoms with Gasteiger partial charge >= 0.3 is 0 Å². The number of benzene rings is 2. The van der Waals surface area contributed by atoms with Gasteiger partial charge in [-0.3, -0.25) is 9.69 Å². The van der Waals surface area contributed by atoms with E-state index in [2.05, 4.69) is 50.1 Å². The number of hydrogen-bond donors (Lipinski definition) is 1. The third-order valence-corrected chi connectivity index (χ3v) is 6.25. The molecule has 1 amide bonds. The van der Waals surface area contributed by atoms with Crippen molar-refractivity contribution in [2.75, 3.05) is 13.1 Å². The van der Waals surface area contributed by atoms with E-state index < -0.39 is 0 Å². The van der Waals surface area contributed by atoms with Gasteiger partial charge in [0.1, 0.15) is 5.82 Å². The number of carbonyl (C=O) groups excluding carboxylic acids is 1. The van der Waals surface area contributed by atoms with Crippen LogP contribution < -0.4 is 5.32 Å². The molecule has 1 fully saturated rings. The van der Waals surface area contributed by atoms with E-state index in [0.717, 1.165) is 55.4 Å². The predicted molar refractivity (Wildman–Crippen MR) is 124 cm³/mol. The third kappa shape index (κ3) is 5.96. The van der Waals surface area contributed by atoms with E-state index >= 15 is 0 Å². The molecule has 0 aliphatic carbocycles. The van der Waals surface area contributed by atoms with Crippen molar-refractivity contribution in [1.29, 1.82) is 0 Å². The molecule has 3 aromatic rings. The summed E-state index contributed by atoms with van der Waals surface area (Å²) in [5.74, 6) is 1.27. The Morgan fingerprint density at radius 3 is 2.48 bits per heavy atom. The Morgan fingerprint density at radius 2 is 1.81 bits per heavy atom. The standard InChI is InChI=1S/C25H29ClN4O/c1-19-27-11-14-30(19)18-21-7-5-20(6-8-21)16-28-25(31)23-9-12-29(13-10-23)17-22-3-2-4-24(26)15-22/h2-8,11,14-15,23H,9-10,12-13,16-18H2,1H3,(H,28,31). The lowest BCUT2D eigenvalue weighted by Gasteiger charge is -2.31. The second-order valence-electron chi connectivity index (χ2n) is 8.32. The predicted octanol–water partition coefficient (Wildman–Crippen LogP) is 4.42. The minimum Gasteiger partial charge on any atom is -0.352 e. The Morgan fingerprint density at radius 1 is 1.06 bits per heavy atom. The Bertz CT molecular complexity index is 1010. The smallest absolute Gasteiger partial charge is 0.223 e. The van der Waals surface area contributed by atoms with E-state index in [1.165, 1.54) is 11.1 Å². The maximum Gasteiger partial charge on any atom is 0.223 e. The van der Waals surface area contributed by atoms with Crippen LogP contribution in [0.4, 0.5) is 0 Å². The monoisotopic (exact) mass is 436 g/mol. The molecule has 162 valence electrons. The van der Waals surface area contributed by atoms with Gasteiger partial charge in [0.2, 0.25) is 5.91 Å². The van der Waals surface area contributed by atoms with Gasteiger partial charge in [-0.1, -0.05) is 48.0 Å². The number of carbonyl (C=O) groups is 1. The van der Waals surface area contributed by atoms with Crippen molar-refractivity contribution < 1.29 is 4.79 Å². The van der Waals surface area contributed by atoms with Gasteiger partial charge in [0, 0.05) is 43.0 Å². The summed E-state index contributed by atoms with van der Waals surface area (Å²) in [6.07, 6.45) is 5.61. The fourth-order valence-corrected chi connectivity index (χ4v) is 4.32. The van der Waals surface area contributed by atoms with E-state index in [1.54, 1.807) is 0 Å². The summed E-state index contributed by atoms with van der Waals surface area (Å²) in [6.45, 7) is 6.16. The molecule has 0 saturated carbocycles. The number of rotatable bonds is 7. The summed E-state index contributed by atoms with van der Waals surface area (Å²) in [7, 11) is 0. The van der Waals surface area contributed by atoms with E-state index in [4.69, 9.17) is 11.6 Å². The van der Waals surface area contributed by atoms with Crippen molar-refractivity contribution in [2.45, 2.75) is 39.4 Å². The Hall–Kier alpha value is -2.63. The van der Waals surface area contributed by atoms with Gasteiger partial charge in [0.15, 0.2) is 0 Å². The van der Waals surface area contributed by atoms with Crippen LogP contribution in [-0.4, -0.2) is 33.4 Å². The summed E-state index contributed by atoms with van der Waals surface area (Å²) >= 11 is 6.08. The van der Waals surface area contributed by atoms with Crippen LogP contribution in [0.3, 0.4) is 0 Å². The first kappa shape index (κ1) is 21.6. The summed E-state index contributed by atoms with van der Waals surface area (Å²) in [4.78, 5) is 19.3. The highest BCUT2D eigenvalue weighted by Gasteiger charge is 2.24. The fourth-order valence-electron chi connectivity index (χ4n) is 4.11. The molecule has 0 bridgehead atoms. The van der Waals surface area contributed by atoms with Crippen LogP contribution in [0, 0.1) is 12.8 Å². The minimum atomic E-state index is 0.0964. The first-order valence-electron chi connectivity index (χ1n) is 10.9. The lowest BCUT2D eigenvalue weighted by atomic mass is 9.95. The van der Waals surface area contributed by atoms with Crippen LogP contribution in [-0.2, 0) is 24.4 Å². The molecule has 6 heteroatoms. The quantitative estimate of drug-likeness (QED) is 0.596. The van der Waals surface area contributed by atoms with Crippen LogP contribution in [0.1, 0.15) is 35.4 Å². The topological polar surface area (TPSA) is 50.2 Å². The number of nitrogens with zero attached hydrogens (tertiary/aromatic N) is 3. The van der Waals surface area contributed by atoms with Gasteiger partial charge in [0.05, 0.1) is 0 Å². The van der Waals surface area contributed by atoms with E-state index in [-0.39, 0.29) is 11.8 Å². The number of aryl methyl sites for hydroxylation is 1. The fraction of sp³-hybridized carbons (Fsp3) is 0.360. The Balaban J connectivity index is 1.21. The molecule has 2 aromatic carbocycles. The van der Waals surface area contributed by atoms with Crippen molar-refractivity contribution in [2.24, 2.45) is 5.92 Å². The van der Waals surface area contributed by atoms with Crippen LogP contribution in [0.5, 0.6) is 0 Å². The lowest BCUT2D eigenvalue weighted by Crippen LogP contribution is -2.40. The van der Waals surface area contributed by atoms with Crippen LogP contribution in [0.25, 0.3) is 0 Å². The maximum absolute atomic E-state index is 12.6. The maximum atomic E-state index is 12.6. The Labute approximate surface area is 189 Å². The van der Waals surface area contributed by atoms with E-state index in [9.17, 15) is 4.79 Å². The zero-order chi connectivity index (χ0) is 21.6. The van der Waals surface area contributed by atoms with Crippen molar-refractivity contribution in [3.05, 3.63) is 88.5 Å². The highest BCUT2D eigenvalue weighted by molar-refractivity contribution is 6.30. The second kappa shape index (κ2) is 10.1. The van der Waals surface area contributed by atoms with Gasteiger partial charge in [0.25, 0.3) is 0 Å². The molecule has 5 nitrogen and oxygen atoms in total. The second-order valence-corrected chi connectivity index (χ2v) is 8.75. The molecular weight excluding hydrogens is 408 g/mol. The minimum absolute atomic E-state index is 0.0964. The molecule has 2 heterocycles. The van der Waals surface area contributed by atoms with E-state index in [1.807, 2.05) is 37.5 Å². The molecule has 1 aliphatic heterocycles. The van der Waals surface area contributed by atoms with Gasteiger partial charge in [-0.15, -0.1) is 0 Å². The molecule has 1 saturated heterocycles. The van der Waals surface area contributed by atoms with Crippen molar-refractivity contribution >= 4 is 17.5 Å². The molecule has 0 unspecified atom stereocenters. The zero-order valence-electron chi connectivity index (χ0n) is 17.9. The molecule has 1 aromatic heterocycles. The van der Waals surface area contributed by atoms with Crippen molar-refractivity contribution in [1.82, 2.24) is 19.8 Å². The number of halogens is 1. The molecular formula is C25H29ClN4O. The largest absolute Gasteiger partial charge is 0.352 e. The first-order chi connectivity index (χ1) is 15.1. The average molecular weight is 437 g/mol. The average Bonchev–Trinajstić information content (AvgIpc) is 3.18. The molecule has 4 rings (SSSR count). The van der Waals surface area contributed by atoms with Crippen LogP contribution in [0.2, 0.25) is 5.02 Å².